The smallest absolute Gasteiger partial charge is 0.481 e. The summed E-state index contributed by atoms with van der Waals surface area (Å²) in [7, 11) is -0.749. The second kappa shape index (κ2) is 11.4. The van der Waals surface area contributed by atoms with E-state index in [0.717, 1.165) is 22.3 Å². The molecular formula is C32H34BNO7. The molecule has 1 heterocycles. The zero-order chi connectivity index (χ0) is 29.2. The van der Waals surface area contributed by atoms with Crippen LogP contribution in [0, 0.1) is 0 Å². The Morgan fingerprint density at radius 2 is 1.46 bits per heavy atom. The number of amides is 1. The third-order valence-corrected chi connectivity index (χ3v) is 7.95. The molecule has 1 amide bonds. The van der Waals surface area contributed by atoms with E-state index in [1.165, 1.54) is 0 Å². The van der Waals surface area contributed by atoms with Crippen molar-refractivity contribution in [3.05, 3.63) is 95.0 Å². The molecule has 8 nitrogen and oxygen atoms in total. The highest BCUT2D eigenvalue weighted by atomic mass is 16.7. The number of para-hydroxylation sites is 1. The average Bonchev–Trinajstić information content (AvgIpc) is 3.37. The van der Waals surface area contributed by atoms with Crippen molar-refractivity contribution in [2.45, 2.75) is 44.8 Å². The van der Waals surface area contributed by atoms with Crippen LogP contribution in [0.4, 0.5) is 4.79 Å². The first-order valence-electron chi connectivity index (χ1n) is 13.6. The van der Waals surface area contributed by atoms with Gasteiger partial charge in [0.25, 0.3) is 0 Å². The van der Waals surface area contributed by atoms with E-state index in [0.29, 0.717) is 16.8 Å². The minimum absolute atomic E-state index is 0.0514. The lowest BCUT2D eigenvalue weighted by Crippen LogP contribution is -2.41. The van der Waals surface area contributed by atoms with E-state index in [-0.39, 0.29) is 19.1 Å². The molecule has 3 aromatic carbocycles. The predicted molar refractivity (Wildman–Crippen MR) is 157 cm³/mol. The fraction of sp³-hybridized carbons (Fsp3) is 0.312. The molecule has 1 saturated heterocycles. The van der Waals surface area contributed by atoms with Crippen LogP contribution in [0.25, 0.3) is 17.2 Å². The van der Waals surface area contributed by atoms with Crippen molar-refractivity contribution in [2.24, 2.45) is 0 Å². The van der Waals surface area contributed by atoms with Crippen molar-refractivity contribution in [3.63, 3.8) is 0 Å². The molecule has 0 bridgehead atoms. The van der Waals surface area contributed by atoms with Gasteiger partial charge in [0.1, 0.15) is 12.4 Å². The Bertz CT molecular complexity index is 1420. The average molecular weight is 555 g/mol. The topological polar surface area (TPSA) is 103 Å². The number of benzene rings is 3. The van der Waals surface area contributed by atoms with Gasteiger partial charge in [0.05, 0.1) is 11.2 Å². The number of alkyl carbamates (subject to hydrolysis) is 1. The van der Waals surface area contributed by atoms with Gasteiger partial charge in [0.15, 0.2) is 6.61 Å². The Labute approximate surface area is 240 Å². The first-order chi connectivity index (χ1) is 19.6. The highest BCUT2D eigenvalue weighted by Gasteiger charge is 2.52. The molecule has 0 saturated carbocycles. The van der Waals surface area contributed by atoms with Gasteiger partial charge in [-0.2, -0.15) is 0 Å². The summed E-state index contributed by atoms with van der Waals surface area (Å²) in [6.45, 7) is 7.61. The van der Waals surface area contributed by atoms with Crippen molar-refractivity contribution < 1.29 is 33.5 Å². The number of ether oxygens (including phenoxy) is 2. The van der Waals surface area contributed by atoms with Crippen molar-refractivity contribution in [2.75, 3.05) is 19.8 Å². The second-order valence-electron chi connectivity index (χ2n) is 11.2. The van der Waals surface area contributed by atoms with Crippen molar-refractivity contribution in [3.8, 4) is 16.9 Å². The van der Waals surface area contributed by atoms with Gasteiger partial charge >= 0.3 is 19.2 Å². The van der Waals surface area contributed by atoms with Crippen LogP contribution in [0.15, 0.2) is 78.3 Å². The first kappa shape index (κ1) is 28.5. The molecule has 1 aliphatic heterocycles. The van der Waals surface area contributed by atoms with E-state index < -0.39 is 37.0 Å². The molecule has 0 aromatic heterocycles. The zero-order valence-corrected chi connectivity index (χ0v) is 23.7. The molecule has 41 heavy (non-hydrogen) atoms. The number of carbonyl (C=O) groups excluding carboxylic acids is 1. The van der Waals surface area contributed by atoms with Gasteiger partial charge in [-0.25, -0.2) is 9.59 Å². The van der Waals surface area contributed by atoms with Gasteiger partial charge in [-0.3, -0.25) is 0 Å². The number of carboxylic acid groups (broad SMARTS) is 1. The largest absolute Gasteiger partial charge is 0.492 e. The first-order valence-corrected chi connectivity index (χ1v) is 13.6. The van der Waals surface area contributed by atoms with E-state index in [1.807, 2.05) is 58.0 Å². The quantitative estimate of drug-likeness (QED) is 0.327. The summed E-state index contributed by atoms with van der Waals surface area (Å²) < 4.78 is 23.8. The molecule has 0 unspecified atom stereocenters. The molecule has 1 aliphatic carbocycles. The van der Waals surface area contributed by atoms with Gasteiger partial charge in [-0.05, 0) is 61.5 Å². The van der Waals surface area contributed by atoms with Crippen LogP contribution in [0.5, 0.6) is 5.75 Å². The van der Waals surface area contributed by atoms with E-state index >= 15 is 0 Å². The van der Waals surface area contributed by atoms with Gasteiger partial charge in [-0.1, -0.05) is 72.8 Å². The van der Waals surface area contributed by atoms with Crippen molar-refractivity contribution in [1.29, 1.82) is 0 Å². The summed E-state index contributed by atoms with van der Waals surface area (Å²) in [5.74, 6) is -0.735. The van der Waals surface area contributed by atoms with Gasteiger partial charge in [0.2, 0.25) is 0 Å². The monoisotopic (exact) mass is 555 g/mol. The number of aliphatic carboxylic acids is 1. The predicted octanol–water partition coefficient (Wildman–Crippen LogP) is 5.70. The maximum absolute atomic E-state index is 13.0. The molecule has 2 N–H and O–H groups in total. The maximum atomic E-state index is 13.0. The molecule has 1 fully saturated rings. The van der Waals surface area contributed by atoms with Gasteiger partial charge in [0, 0.05) is 18.0 Å². The molecule has 3 aromatic rings. The third kappa shape index (κ3) is 6.01. The van der Waals surface area contributed by atoms with Crippen molar-refractivity contribution >= 4 is 25.3 Å². The molecule has 2 aliphatic rings. The normalized spacial score (nSPS) is 17.1. The Morgan fingerprint density at radius 3 is 2.07 bits per heavy atom. The Morgan fingerprint density at radius 1 is 0.902 bits per heavy atom. The highest BCUT2D eigenvalue weighted by molar-refractivity contribution is 6.56. The number of hydrogen-bond donors (Lipinski definition) is 2. The number of fused-ring (bicyclic) bond motifs is 3. The van der Waals surface area contributed by atoms with Crippen LogP contribution in [-0.4, -0.2) is 55.2 Å². The Kier molecular flexibility index (Phi) is 7.93. The van der Waals surface area contributed by atoms with E-state index in [9.17, 15) is 9.59 Å². The van der Waals surface area contributed by atoms with Crippen LogP contribution in [0.2, 0.25) is 0 Å². The summed E-state index contributed by atoms with van der Waals surface area (Å²) in [5, 5.41) is 11.9. The lowest BCUT2D eigenvalue weighted by Gasteiger charge is -2.32. The summed E-state index contributed by atoms with van der Waals surface area (Å²) in [4.78, 5) is 24.0. The van der Waals surface area contributed by atoms with Crippen LogP contribution >= 0.6 is 0 Å². The highest BCUT2D eigenvalue weighted by Crippen LogP contribution is 2.44. The number of carbonyl (C=O) groups is 2. The second-order valence-corrected chi connectivity index (χ2v) is 11.2. The Hall–Kier alpha value is -4.08. The maximum Gasteiger partial charge on any atom is 0.492 e. The number of carboxylic acids is 1. The van der Waals surface area contributed by atoms with Gasteiger partial charge in [-0.15, -0.1) is 0 Å². The summed E-state index contributed by atoms with van der Waals surface area (Å²) in [6, 6.07) is 23.4. The fourth-order valence-corrected chi connectivity index (χ4v) is 5.09. The van der Waals surface area contributed by atoms with E-state index in [2.05, 4.69) is 29.6 Å². The van der Waals surface area contributed by atoms with Gasteiger partial charge < -0.3 is 29.2 Å². The fourth-order valence-electron chi connectivity index (χ4n) is 5.09. The standard InChI is InChI=1S/C32H34BNO7/c1-31(2)32(3,4)41-33(40-31)22(17-21-11-5-10-16-28(21)38-20-29(35)36)18-34-30(37)39-19-27-25-14-8-6-12-23(25)24-13-7-9-15-26(24)27/h5-17,27H,18-20H2,1-4H3,(H,34,37)(H,35,36). The van der Waals surface area contributed by atoms with Crippen molar-refractivity contribution in [1.82, 2.24) is 5.32 Å². The Balaban J connectivity index is 1.32. The van der Waals surface area contributed by atoms with E-state index in [1.54, 1.807) is 24.3 Å². The van der Waals surface area contributed by atoms with E-state index in [4.69, 9.17) is 23.9 Å². The number of rotatable bonds is 9. The SMILES string of the molecule is CC1(C)OB(C(=Cc2ccccc2OCC(=O)O)CNC(=O)OCC2c3ccccc3-c3ccccc32)OC1(C)C. The lowest BCUT2D eigenvalue weighted by molar-refractivity contribution is -0.139. The molecule has 0 spiro atoms. The zero-order valence-electron chi connectivity index (χ0n) is 23.7. The number of nitrogens with one attached hydrogen (secondary N) is 1. The molecule has 0 radical (unpaired) electrons. The molecule has 9 heteroatoms. The van der Waals surface area contributed by atoms with Crippen LogP contribution < -0.4 is 10.1 Å². The summed E-state index contributed by atoms with van der Waals surface area (Å²) in [6.07, 6.45) is 1.23. The molecular weight excluding hydrogens is 521 g/mol. The number of hydrogen-bond acceptors (Lipinski definition) is 6. The third-order valence-electron chi connectivity index (χ3n) is 7.95. The molecule has 0 atom stereocenters. The van der Waals surface area contributed by atoms with Crippen LogP contribution in [0.1, 0.15) is 50.3 Å². The van der Waals surface area contributed by atoms with Crippen LogP contribution in [0.3, 0.4) is 0 Å². The molecule has 5 rings (SSSR count). The minimum Gasteiger partial charge on any atom is -0.481 e. The summed E-state index contributed by atoms with van der Waals surface area (Å²) in [5.41, 5.74) is 4.66. The molecule has 212 valence electrons. The van der Waals surface area contributed by atoms with Crippen LogP contribution in [-0.2, 0) is 18.8 Å². The summed E-state index contributed by atoms with van der Waals surface area (Å²) >= 11 is 0. The lowest BCUT2D eigenvalue weighted by atomic mass is 9.77. The minimum atomic E-state index is -1.08.